The molecule has 0 bridgehead atoms. The predicted octanol–water partition coefficient (Wildman–Crippen LogP) is -0.358. The van der Waals surface area contributed by atoms with E-state index in [9.17, 15) is 0 Å². The van der Waals surface area contributed by atoms with Crippen molar-refractivity contribution in [3.63, 3.8) is 0 Å². The molecule has 5 N–H and O–H groups in total. The molecule has 0 aromatic heterocycles. The zero-order chi connectivity index (χ0) is 8.99. The van der Waals surface area contributed by atoms with E-state index in [0.29, 0.717) is 0 Å². The molecule has 5 nitrogen and oxygen atoms in total. The summed E-state index contributed by atoms with van der Waals surface area (Å²) in [5, 5.41) is 20.8. The molecule has 62 valence electrons. The van der Waals surface area contributed by atoms with E-state index >= 15 is 0 Å². The number of carboxylic acids is 1. The second-order valence-corrected chi connectivity index (χ2v) is 1.00. The van der Waals surface area contributed by atoms with Gasteiger partial charge in [-0.3, -0.25) is 10.2 Å². The van der Waals surface area contributed by atoms with Crippen LogP contribution in [0.2, 0.25) is 0 Å². The van der Waals surface area contributed by atoms with Crippen molar-refractivity contribution in [3.8, 4) is 0 Å². The van der Waals surface area contributed by atoms with Gasteiger partial charge in [-0.1, -0.05) is 0 Å². The van der Waals surface area contributed by atoms with Crippen LogP contribution in [0.25, 0.3) is 0 Å². The fourth-order valence-corrected chi connectivity index (χ4v) is 0. The Morgan fingerprint density at radius 2 is 1.80 bits per heavy atom. The summed E-state index contributed by atoms with van der Waals surface area (Å²) in [5.74, 6) is -0.833. The lowest BCUT2D eigenvalue weighted by molar-refractivity contribution is -0.134. The van der Waals surface area contributed by atoms with E-state index in [0.717, 1.165) is 13.3 Å². The van der Waals surface area contributed by atoms with Gasteiger partial charge >= 0.3 is 0 Å². The summed E-state index contributed by atoms with van der Waals surface area (Å²) < 4.78 is 0. The molecule has 0 aliphatic heterocycles. The van der Waals surface area contributed by atoms with Crippen molar-refractivity contribution in [2.24, 2.45) is 5.73 Å². The highest BCUT2D eigenvalue weighted by atomic mass is 16.4. The van der Waals surface area contributed by atoms with Crippen LogP contribution in [0.1, 0.15) is 13.8 Å². The van der Waals surface area contributed by atoms with Crippen molar-refractivity contribution >= 4 is 12.3 Å². The van der Waals surface area contributed by atoms with Gasteiger partial charge in [0.15, 0.2) is 0 Å². The number of hydrogen-bond acceptors (Lipinski definition) is 3. The Balaban J connectivity index is -0.0000000750. The van der Waals surface area contributed by atoms with Crippen molar-refractivity contribution < 1.29 is 15.0 Å². The first-order valence-electron chi connectivity index (χ1n) is 2.57. The van der Waals surface area contributed by atoms with Crippen molar-refractivity contribution in [3.05, 3.63) is 0 Å². The molecule has 0 aromatic carbocycles. The fraction of sp³-hybridized carbons (Fsp3) is 0.600. The van der Waals surface area contributed by atoms with E-state index in [-0.39, 0.29) is 6.61 Å². The molecule has 0 unspecified atom stereocenters. The number of carbonyl (C=O) groups is 1. The number of aliphatic hydroxyl groups excluding tert-OH is 1. The van der Waals surface area contributed by atoms with Gasteiger partial charge in [0.2, 0.25) is 0 Å². The Kier molecular flexibility index (Phi) is 39.5. The molecule has 0 atom stereocenters. The van der Waals surface area contributed by atoms with Gasteiger partial charge in [-0.2, -0.15) is 0 Å². The van der Waals surface area contributed by atoms with Gasteiger partial charge < -0.3 is 15.9 Å². The molecule has 0 saturated carbocycles. The maximum atomic E-state index is 9.00. The van der Waals surface area contributed by atoms with Gasteiger partial charge in [-0.05, 0) is 6.92 Å². The number of carboxylic acid groups (broad SMARTS) is 1. The molecule has 0 radical (unpaired) electrons. The molecule has 0 fully saturated rings. The number of nitrogens with two attached hydrogens (primary N) is 1. The SMILES string of the molecule is CC(=O)O.CCO.N=CN. The molecule has 0 aliphatic carbocycles. The highest BCUT2D eigenvalue weighted by Gasteiger charge is 1.65. The smallest absolute Gasteiger partial charge is 0.300 e. The number of aliphatic carboxylic acids is 1. The van der Waals surface area contributed by atoms with Crippen LogP contribution >= 0.6 is 0 Å². The van der Waals surface area contributed by atoms with Gasteiger partial charge in [0.25, 0.3) is 5.97 Å². The van der Waals surface area contributed by atoms with Gasteiger partial charge in [0.1, 0.15) is 0 Å². The molecule has 0 aromatic rings. The molecule has 0 aliphatic rings. The zero-order valence-electron chi connectivity index (χ0n) is 6.16. The fourth-order valence-electron chi connectivity index (χ4n) is 0. The summed E-state index contributed by atoms with van der Waals surface area (Å²) in [4.78, 5) is 9.00. The molecule has 10 heavy (non-hydrogen) atoms. The minimum Gasteiger partial charge on any atom is -0.481 e. The molecule has 0 spiro atoms. The third kappa shape index (κ3) is 199. The third-order valence-electron chi connectivity index (χ3n) is 0. The quantitative estimate of drug-likeness (QED) is 0.279. The maximum absolute atomic E-state index is 9.00. The van der Waals surface area contributed by atoms with E-state index < -0.39 is 5.97 Å². The molecular weight excluding hydrogens is 136 g/mol. The van der Waals surface area contributed by atoms with Crippen molar-refractivity contribution in [2.75, 3.05) is 6.61 Å². The monoisotopic (exact) mass is 150 g/mol. The minimum absolute atomic E-state index is 0.250. The van der Waals surface area contributed by atoms with Crippen molar-refractivity contribution in [1.82, 2.24) is 0 Å². The molecular formula is C5H14N2O3. The minimum atomic E-state index is -0.833. The lowest BCUT2D eigenvalue weighted by atomic mass is 10.9. The molecule has 0 heterocycles. The largest absolute Gasteiger partial charge is 0.481 e. The zero-order valence-corrected chi connectivity index (χ0v) is 6.16. The summed E-state index contributed by atoms with van der Waals surface area (Å²) >= 11 is 0. The van der Waals surface area contributed by atoms with E-state index in [1.165, 1.54) is 0 Å². The first-order valence-corrected chi connectivity index (χ1v) is 2.57. The Morgan fingerprint density at radius 3 is 1.80 bits per heavy atom. The lowest BCUT2D eigenvalue weighted by Gasteiger charge is -1.59. The number of hydrogen-bond donors (Lipinski definition) is 4. The lowest BCUT2D eigenvalue weighted by Crippen LogP contribution is -1.81. The van der Waals surface area contributed by atoms with Gasteiger partial charge in [0, 0.05) is 13.5 Å². The summed E-state index contributed by atoms with van der Waals surface area (Å²) in [5.41, 5.74) is 4.39. The standard InChI is InChI=1S/C2H4O2.C2H6O.CH4N2/c1-2(3)4;1-2-3;2-1-3/h1H3,(H,3,4);3H,2H2,1H3;1H,(H3,2,3). The summed E-state index contributed by atoms with van der Waals surface area (Å²) in [6.07, 6.45) is 0.750. The Morgan fingerprint density at radius 1 is 1.80 bits per heavy atom. The van der Waals surface area contributed by atoms with E-state index in [1.807, 2.05) is 0 Å². The van der Waals surface area contributed by atoms with Crippen LogP contribution in [0.4, 0.5) is 0 Å². The highest BCUT2D eigenvalue weighted by molar-refractivity contribution is 5.62. The highest BCUT2D eigenvalue weighted by Crippen LogP contribution is 1.42. The normalized spacial score (nSPS) is 5.50. The van der Waals surface area contributed by atoms with Crippen LogP contribution in [0.15, 0.2) is 0 Å². The van der Waals surface area contributed by atoms with Crippen molar-refractivity contribution in [2.45, 2.75) is 13.8 Å². The van der Waals surface area contributed by atoms with Crippen LogP contribution in [0.3, 0.4) is 0 Å². The van der Waals surface area contributed by atoms with Crippen LogP contribution in [-0.2, 0) is 4.79 Å². The summed E-state index contributed by atoms with van der Waals surface area (Å²) in [7, 11) is 0. The topological polar surface area (TPSA) is 107 Å². The second kappa shape index (κ2) is 24.7. The van der Waals surface area contributed by atoms with Crippen LogP contribution in [-0.4, -0.2) is 29.1 Å². The average Bonchev–Trinajstić information content (AvgIpc) is 1.65. The van der Waals surface area contributed by atoms with E-state index in [1.54, 1.807) is 6.92 Å². The first-order chi connectivity index (χ1) is 4.56. The Labute approximate surface area is 60.0 Å². The molecule has 5 heteroatoms. The van der Waals surface area contributed by atoms with Crippen molar-refractivity contribution in [1.29, 1.82) is 5.41 Å². The van der Waals surface area contributed by atoms with Gasteiger partial charge in [0.05, 0.1) is 6.34 Å². The van der Waals surface area contributed by atoms with Crippen LogP contribution in [0.5, 0.6) is 0 Å². The predicted molar refractivity (Wildman–Crippen MR) is 39.0 cm³/mol. The Bertz CT molecular complexity index is 71.3. The Hall–Kier alpha value is -1.10. The second-order valence-electron chi connectivity index (χ2n) is 1.00. The molecule has 0 rings (SSSR count). The van der Waals surface area contributed by atoms with E-state index in [4.69, 9.17) is 20.4 Å². The summed E-state index contributed by atoms with van der Waals surface area (Å²) in [6, 6.07) is 0. The first kappa shape index (κ1) is 16.0. The van der Waals surface area contributed by atoms with Gasteiger partial charge in [-0.15, -0.1) is 0 Å². The average molecular weight is 150 g/mol. The number of rotatable bonds is 0. The number of nitrogens with one attached hydrogen (secondary N) is 1. The molecule has 0 saturated heterocycles. The summed E-state index contributed by atoms with van der Waals surface area (Å²) in [6.45, 7) is 3.01. The third-order valence-corrected chi connectivity index (χ3v) is 0. The van der Waals surface area contributed by atoms with Crippen LogP contribution < -0.4 is 5.73 Å². The molecule has 0 amide bonds. The van der Waals surface area contributed by atoms with E-state index in [2.05, 4.69) is 5.73 Å². The maximum Gasteiger partial charge on any atom is 0.300 e. The van der Waals surface area contributed by atoms with Gasteiger partial charge in [-0.25, -0.2) is 0 Å². The van der Waals surface area contributed by atoms with Crippen LogP contribution in [0, 0.1) is 5.41 Å². The number of aliphatic hydroxyl groups is 1.